The molecule has 7 heteroatoms. The van der Waals surface area contributed by atoms with Crippen molar-refractivity contribution >= 4 is 10.3 Å². The molecule has 0 aliphatic heterocycles. The highest BCUT2D eigenvalue weighted by Crippen LogP contribution is 2.61. The van der Waals surface area contributed by atoms with E-state index in [2.05, 4.69) is 0 Å². The number of hydrogen-bond acceptors (Lipinski definition) is 4. The second kappa shape index (κ2) is 5.66. The Morgan fingerprint density at radius 3 is 2.84 bits per heavy atom. The summed E-state index contributed by atoms with van der Waals surface area (Å²) in [5.41, 5.74) is 1.97. The van der Waals surface area contributed by atoms with Gasteiger partial charge in [-0.05, 0) is 78.5 Å². The second-order valence-electron chi connectivity index (χ2n) is 8.09. The van der Waals surface area contributed by atoms with Gasteiger partial charge in [0.2, 0.25) is 0 Å². The van der Waals surface area contributed by atoms with Crippen molar-refractivity contribution in [2.24, 2.45) is 22.4 Å². The van der Waals surface area contributed by atoms with E-state index in [1.54, 1.807) is 12.1 Å². The van der Waals surface area contributed by atoms with Gasteiger partial charge in [-0.15, -0.1) is 0 Å². The van der Waals surface area contributed by atoms with Crippen molar-refractivity contribution < 1.29 is 22.1 Å². The fourth-order valence-electron chi connectivity index (χ4n) is 5.69. The van der Waals surface area contributed by atoms with Crippen LogP contribution in [-0.4, -0.2) is 25.8 Å². The Balaban J connectivity index is 1.64. The van der Waals surface area contributed by atoms with Gasteiger partial charge in [0.25, 0.3) is 0 Å². The summed E-state index contributed by atoms with van der Waals surface area (Å²) in [6.45, 7) is 2.04. The number of aliphatic hydroxyl groups excluding tert-OH is 1. The van der Waals surface area contributed by atoms with Gasteiger partial charge >= 0.3 is 10.3 Å². The lowest BCUT2D eigenvalue weighted by molar-refractivity contribution is -0.0365. The predicted molar refractivity (Wildman–Crippen MR) is 91.1 cm³/mol. The van der Waals surface area contributed by atoms with Gasteiger partial charge < -0.3 is 9.29 Å². The Morgan fingerprint density at radius 2 is 2.12 bits per heavy atom. The van der Waals surface area contributed by atoms with Gasteiger partial charge in [-0.3, -0.25) is 0 Å². The van der Waals surface area contributed by atoms with E-state index in [0.717, 1.165) is 31.2 Å². The maximum atomic E-state index is 14.2. The molecule has 2 fully saturated rings. The molecule has 2 saturated carbocycles. The molecule has 3 N–H and O–H groups in total. The smallest absolute Gasteiger partial charge is 0.380 e. The van der Waals surface area contributed by atoms with Crippen molar-refractivity contribution in [3.63, 3.8) is 0 Å². The highest BCUT2D eigenvalue weighted by atomic mass is 32.2. The van der Waals surface area contributed by atoms with E-state index in [0.29, 0.717) is 18.3 Å². The summed E-state index contributed by atoms with van der Waals surface area (Å²) >= 11 is 0. The number of fused-ring (bicyclic) bond motifs is 5. The number of benzene rings is 1. The van der Waals surface area contributed by atoms with Gasteiger partial charge in [0.1, 0.15) is 11.9 Å². The molecule has 25 heavy (non-hydrogen) atoms. The fraction of sp³-hybridized carbons (Fsp3) is 0.667. The molecular weight excluding hydrogens is 344 g/mol. The first-order valence-corrected chi connectivity index (χ1v) is 10.3. The van der Waals surface area contributed by atoms with E-state index in [-0.39, 0.29) is 17.1 Å². The molecule has 5 nitrogen and oxygen atoms in total. The molecule has 1 aromatic carbocycles. The molecule has 1 aromatic rings. The number of hydrogen-bond donors (Lipinski definition) is 2. The van der Waals surface area contributed by atoms with Crippen molar-refractivity contribution in [1.29, 1.82) is 0 Å². The zero-order valence-corrected chi connectivity index (χ0v) is 15.0. The largest absolute Gasteiger partial charge is 0.390 e. The minimum Gasteiger partial charge on any atom is -0.390 e. The first kappa shape index (κ1) is 17.2. The minimum absolute atomic E-state index is 0.199. The number of nitrogens with two attached hydrogens (primary N) is 1. The van der Waals surface area contributed by atoms with Crippen LogP contribution in [0.1, 0.15) is 49.7 Å². The summed E-state index contributed by atoms with van der Waals surface area (Å²) in [6, 6.07) is 5.32. The van der Waals surface area contributed by atoms with Crippen molar-refractivity contribution in [1.82, 2.24) is 0 Å². The van der Waals surface area contributed by atoms with Crippen molar-refractivity contribution in [3.8, 4) is 5.75 Å². The molecule has 0 radical (unpaired) electrons. The number of alkyl halides is 1. The average Bonchev–Trinajstić information content (AvgIpc) is 2.76. The molecule has 0 bridgehead atoms. The number of halogens is 1. The summed E-state index contributed by atoms with van der Waals surface area (Å²) < 4.78 is 41.2. The summed E-state index contributed by atoms with van der Waals surface area (Å²) in [6.07, 6.45) is 1.93. The molecule has 0 heterocycles. The summed E-state index contributed by atoms with van der Waals surface area (Å²) in [7, 11) is -4.03. The minimum atomic E-state index is -4.03. The second-order valence-corrected chi connectivity index (χ2v) is 9.25. The number of rotatable bonds is 2. The van der Waals surface area contributed by atoms with E-state index in [4.69, 9.17) is 9.32 Å². The zero-order chi connectivity index (χ0) is 18.0. The number of aryl methyl sites for hydroxylation is 1. The third-order valence-electron chi connectivity index (χ3n) is 6.85. The predicted octanol–water partition coefficient (Wildman–Crippen LogP) is 2.43. The Bertz CT molecular complexity index is 798. The zero-order valence-electron chi connectivity index (χ0n) is 14.2. The highest BCUT2D eigenvalue weighted by Gasteiger charge is 2.58. The molecule has 3 aliphatic carbocycles. The summed E-state index contributed by atoms with van der Waals surface area (Å²) in [5, 5.41) is 15.3. The SMILES string of the molecule is C[C@]12CC[C@@H]3c4ccc(OS(N)(=O)=O)cc4CC[C@H]3[C@@H]1C[C@@H]([18F])[C@@H]2O. The van der Waals surface area contributed by atoms with Crippen LogP contribution < -0.4 is 9.32 Å². The molecule has 3 aliphatic rings. The van der Waals surface area contributed by atoms with E-state index >= 15 is 0 Å². The van der Waals surface area contributed by atoms with Crippen LogP contribution >= 0.6 is 0 Å². The standard InChI is InChI=1S/C18H24FNO4S/c1-18-7-6-13-12-5-3-11(24-25(20,22)23)8-10(12)2-4-14(13)15(18)9-16(19)17(18)21/h3,5,8,13-17,21H,2,4,6-7,9H2,1H3,(H2,20,22,23)/t13-,14-,15+,16-,17+,18+/m1/s1/i19-1. The van der Waals surface area contributed by atoms with Crippen molar-refractivity contribution in [3.05, 3.63) is 29.3 Å². The van der Waals surface area contributed by atoms with Crippen LogP contribution in [0.3, 0.4) is 0 Å². The van der Waals surface area contributed by atoms with E-state index in [1.165, 1.54) is 5.56 Å². The maximum absolute atomic E-state index is 14.2. The van der Waals surface area contributed by atoms with Gasteiger partial charge in [-0.1, -0.05) is 13.0 Å². The molecule has 138 valence electrons. The molecule has 0 spiro atoms. The van der Waals surface area contributed by atoms with Crippen LogP contribution in [-0.2, 0) is 16.7 Å². The van der Waals surface area contributed by atoms with Crippen LogP contribution in [0.2, 0.25) is 0 Å². The van der Waals surface area contributed by atoms with Gasteiger partial charge in [0.15, 0.2) is 0 Å². The van der Waals surface area contributed by atoms with E-state index < -0.39 is 22.6 Å². The molecular formula is C18H24FNO4S. The Morgan fingerprint density at radius 1 is 1.36 bits per heavy atom. The van der Waals surface area contributed by atoms with Crippen LogP contribution in [0.25, 0.3) is 0 Å². The molecule has 6 atom stereocenters. The van der Waals surface area contributed by atoms with E-state index in [9.17, 15) is 17.9 Å². The summed E-state index contributed by atoms with van der Waals surface area (Å²) in [4.78, 5) is 0. The lowest BCUT2D eigenvalue weighted by atomic mass is 9.55. The third-order valence-corrected chi connectivity index (χ3v) is 7.27. The van der Waals surface area contributed by atoms with Gasteiger partial charge in [0.05, 0.1) is 6.10 Å². The Hall–Kier alpha value is -1.18. The molecule has 0 saturated heterocycles. The van der Waals surface area contributed by atoms with Crippen LogP contribution in [0.15, 0.2) is 18.2 Å². The highest BCUT2D eigenvalue weighted by molar-refractivity contribution is 7.84. The fourth-order valence-corrected chi connectivity index (χ4v) is 6.06. The topological polar surface area (TPSA) is 89.6 Å². The molecule has 0 aromatic heterocycles. The molecule has 0 unspecified atom stereocenters. The lowest BCUT2D eigenvalue weighted by Crippen LogP contribution is -2.44. The number of aliphatic hydroxyl groups is 1. The molecule has 0 amide bonds. The van der Waals surface area contributed by atoms with Crippen LogP contribution in [0.4, 0.5) is 4.39 Å². The Kier molecular flexibility index (Phi) is 3.90. The van der Waals surface area contributed by atoms with Crippen molar-refractivity contribution in [2.45, 2.75) is 57.2 Å². The first-order valence-electron chi connectivity index (χ1n) is 8.86. The van der Waals surface area contributed by atoms with Gasteiger partial charge in [-0.25, -0.2) is 4.39 Å². The maximum Gasteiger partial charge on any atom is 0.380 e. The third kappa shape index (κ3) is 2.76. The normalized spacial score (nSPS) is 40.1. The van der Waals surface area contributed by atoms with Gasteiger partial charge in [-0.2, -0.15) is 13.6 Å². The average molecular weight is 368 g/mol. The van der Waals surface area contributed by atoms with Crippen LogP contribution in [0, 0.1) is 17.3 Å². The van der Waals surface area contributed by atoms with Crippen LogP contribution in [0.5, 0.6) is 5.75 Å². The van der Waals surface area contributed by atoms with Crippen molar-refractivity contribution in [2.75, 3.05) is 0 Å². The molecule has 4 rings (SSSR count). The quantitative estimate of drug-likeness (QED) is 0.839. The van der Waals surface area contributed by atoms with E-state index in [1.807, 2.05) is 13.0 Å². The summed E-state index contributed by atoms with van der Waals surface area (Å²) in [5.74, 6) is 1.14. The van der Waals surface area contributed by atoms with Gasteiger partial charge in [0, 0.05) is 0 Å². The first-order chi connectivity index (χ1) is 11.7. The lowest BCUT2D eigenvalue weighted by Gasteiger charge is -2.49. The Labute approximate surface area is 147 Å². The monoisotopic (exact) mass is 368 g/mol.